The Morgan fingerprint density at radius 2 is 1.80 bits per heavy atom. The summed E-state index contributed by atoms with van der Waals surface area (Å²) in [4.78, 5) is 42.6. The number of amides is 1. The smallest absolute Gasteiger partial charge is 0.324 e. The lowest BCUT2D eigenvalue weighted by molar-refractivity contribution is -0.151. The average molecular weight is 540 g/mol. The van der Waals surface area contributed by atoms with E-state index in [2.05, 4.69) is 20.5 Å². The Bertz CT molecular complexity index is 1500. The molecule has 1 amide bonds. The van der Waals surface area contributed by atoms with Crippen molar-refractivity contribution in [3.63, 3.8) is 0 Å². The van der Waals surface area contributed by atoms with Crippen LogP contribution in [0.3, 0.4) is 0 Å². The molecule has 3 heterocycles. The Balaban J connectivity index is 1.45. The number of pyridine rings is 1. The van der Waals surface area contributed by atoms with Crippen LogP contribution < -0.4 is 0 Å². The summed E-state index contributed by atoms with van der Waals surface area (Å²) >= 11 is 0. The number of nitrogens with zero attached hydrogens (tertiary/aromatic N) is 7. The van der Waals surface area contributed by atoms with E-state index in [0.29, 0.717) is 24.4 Å². The first kappa shape index (κ1) is 26.8. The molecule has 1 fully saturated rings. The molecule has 1 atom stereocenters. The van der Waals surface area contributed by atoms with Crippen molar-refractivity contribution >= 4 is 17.8 Å². The maximum absolute atomic E-state index is 13.6. The maximum Gasteiger partial charge on any atom is 0.324 e. The molecule has 40 heavy (non-hydrogen) atoms. The zero-order chi connectivity index (χ0) is 28.1. The quantitative estimate of drug-likeness (QED) is 0.244. The molecule has 1 saturated heterocycles. The first-order valence-electron chi connectivity index (χ1n) is 13.1. The first-order chi connectivity index (χ1) is 19.5. The zero-order valence-electron chi connectivity index (χ0n) is 22.3. The summed E-state index contributed by atoms with van der Waals surface area (Å²) in [5.41, 5.74) is 3.80. The lowest BCUT2D eigenvalue weighted by atomic mass is 9.98. The van der Waals surface area contributed by atoms with Crippen molar-refractivity contribution in [2.45, 2.75) is 38.8 Å². The summed E-state index contributed by atoms with van der Waals surface area (Å²) in [5, 5.41) is 15.1. The minimum Gasteiger partial charge on any atom is -0.468 e. The third-order valence-electron chi connectivity index (χ3n) is 6.92. The van der Waals surface area contributed by atoms with E-state index in [-0.39, 0.29) is 30.7 Å². The fraction of sp³-hybridized carbons (Fsp3) is 0.276. The molecule has 0 bridgehead atoms. The fourth-order valence-electron chi connectivity index (χ4n) is 4.90. The normalized spacial score (nSPS) is 15.1. The van der Waals surface area contributed by atoms with E-state index < -0.39 is 6.04 Å². The Morgan fingerprint density at radius 1 is 1.02 bits per heavy atom. The number of methoxy groups -OCH3 is 1. The van der Waals surface area contributed by atoms with E-state index in [0.717, 1.165) is 28.7 Å². The summed E-state index contributed by atoms with van der Waals surface area (Å²) in [6, 6.07) is 18.3. The number of ether oxygens (including phenoxy) is 1. The van der Waals surface area contributed by atoms with Crippen LogP contribution in [0, 0.1) is 0 Å². The van der Waals surface area contributed by atoms with E-state index in [1.54, 1.807) is 35.3 Å². The van der Waals surface area contributed by atoms with Gasteiger partial charge < -0.3 is 4.74 Å². The standard InChI is InChI=1S/C29H29N7O4/c1-3-26(37)36-27(31-32-33-36)24-10-5-4-9-23(24)21-14-12-20(13-15-21)19-35(28(38)22-8-6-16-30-18-22)34-17-7-11-25(34)29(39)40-2/h4-6,8-10,12-16,18,25H,3,7,11,17,19H2,1-2H3. The summed E-state index contributed by atoms with van der Waals surface area (Å²) in [5.74, 6) is -0.429. The van der Waals surface area contributed by atoms with Gasteiger partial charge in [-0.2, -0.15) is 4.68 Å². The number of rotatable bonds is 8. The van der Waals surface area contributed by atoms with Crippen molar-refractivity contribution in [2.24, 2.45) is 0 Å². The molecule has 5 rings (SSSR count). The van der Waals surface area contributed by atoms with Gasteiger partial charge in [-0.3, -0.25) is 24.4 Å². The van der Waals surface area contributed by atoms with Gasteiger partial charge in [-0.1, -0.05) is 55.5 Å². The third-order valence-corrected chi connectivity index (χ3v) is 6.92. The van der Waals surface area contributed by atoms with E-state index in [4.69, 9.17) is 4.74 Å². The van der Waals surface area contributed by atoms with Gasteiger partial charge in [0, 0.05) is 30.9 Å². The van der Waals surface area contributed by atoms with Crippen molar-refractivity contribution in [3.8, 4) is 22.5 Å². The summed E-state index contributed by atoms with van der Waals surface area (Å²) in [6.45, 7) is 2.57. The number of carbonyl (C=O) groups excluding carboxylic acids is 3. The molecule has 0 N–H and O–H groups in total. The van der Waals surface area contributed by atoms with E-state index >= 15 is 0 Å². The molecule has 1 unspecified atom stereocenters. The van der Waals surface area contributed by atoms with E-state index in [1.807, 2.05) is 48.5 Å². The van der Waals surface area contributed by atoms with Crippen molar-refractivity contribution < 1.29 is 19.1 Å². The molecule has 11 nitrogen and oxygen atoms in total. The summed E-state index contributed by atoms with van der Waals surface area (Å²) in [6.07, 6.45) is 4.79. The molecule has 0 saturated carbocycles. The van der Waals surface area contributed by atoms with Crippen molar-refractivity contribution in [1.82, 2.24) is 35.2 Å². The number of tetrazole rings is 1. The Kier molecular flexibility index (Phi) is 8.02. The molecule has 0 spiro atoms. The van der Waals surface area contributed by atoms with Crippen molar-refractivity contribution in [2.75, 3.05) is 13.7 Å². The number of aromatic nitrogens is 5. The highest BCUT2D eigenvalue weighted by molar-refractivity contribution is 5.94. The second kappa shape index (κ2) is 12.0. The lowest BCUT2D eigenvalue weighted by Crippen LogP contribution is -2.51. The van der Waals surface area contributed by atoms with Gasteiger partial charge in [0.2, 0.25) is 5.91 Å². The number of esters is 1. The molecule has 0 radical (unpaired) electrons. The fourth-order valence-corrected chi connectivity index (χ4v) is 4.90. The van der Waals surface area contributed by atoms with Crippen LogP contribution in [-0.2, 0) is 16.1 Å². The van der Waals surface area contributed by atoms with Gasteiger partial charge >= 0.3 is 5.97 Å². The van der Waals surface area contributed by atoms with Crippen LogP contribution in [-0.4, -0.2) is 72.7 Å². The maximum atomic E-state index is 13.6. The number of hydrazine groups is 1. The molecule has 4 aromatic rings. The molecule has 204 valence electrons. The molecule has 1 aliphatic rings. The predicted molar refractivity (Wildman–Crippen MR) is 145 cm³/mol. The molecule has 2 aromatic heterocycles. The monoisotopic (exact) mass is 539 g/mol. The first-order valence-corrected chi connectivity index (χ1v) is 13.1. The highest BCUT2D eigenvalue weighted by Crippen LogP contribution is 2.31. The highest BCUT2D eigenvalue weighted by Gasteiger charge is 2.37. The van der Waals surface area contributed by atoms with Gasteiger partial charge in [-0.15, -0.1) is 5.10 Å². The molecule has 11 heteroatoms. The Hall–Kier alpha value is -4.77. The van der Waals surface area contributed by atoms with E-state index in [1.165, 1.54) is 18.0 Å². The minimum absolute atomic E-state index is 0.198. The zero-order valence-corrected chi connectivity index (χ0v) is 22.3. The summed E-state index contributed by atoms with van der Waals surface area (Å²) in [7, 11) is 1.36. The van der Waals surface area contributed by atoms with Crippen LogP contribution in [0.2, 0.25) is 0 Å². The van der Waals surface area contributed by atoms with Gasteiger partial charge in [0.05, 0.1) is 19.2 Å². The number of carbonyl (C=O) groups is 3. The number of hydrogen-bond acceptors (Lipinski definition) is 9. The van der Waals surface area contributed by atoms with E-state index in [9.17, 15) is 14.4 Å². The predicted octanol–water partition coefficient (Wildman–Crippen LogP) is 3.65. The Labute approximate surface area is 231 Å². The van der Waals surface area contributed by atoms with Crippen LogP contribution in [0.4, 0.5) is 0 Å². The summed E-state index contributed by atoms with van der Waals surface area (Å²) < 4.78 is 6.24. The second-order valence-corrected chi connectivity index (χ2v) is 9.35. The average Bonchev–Trinajstić information content (AvgIpc) is 3.70. The van der Waals surface area contributed by atoms with Gasteiger partial charge in [0.25, 0.3) is 5.91 Å². The van der Waals surface area contributed by atoms with Gasteiger partial charge in [0.1, 0.15) is 6.04 Å². The van der Waals surface area contributed by atoms with Crippen LogP contribution in [0.1, 0.15) is 46.9 Å². The highest BCUT2D eigenvalue weighted by atomic mass is 16.5. The second-order valence-electron chi connectivity index (χ2n) is 9.35. The number of benzene rings is 2. The Morgan fingerprint density at radius 3 is 2.50 bits per heavy atom. The molecular formula is C29H29N7O4. The topological polar surface area (TPSA) is 123 Å². The van der Waals surface area contributed by atoms with Gasteiger partial charge in [-0.25, -0.2) is 5.01 Å². The molecule has 0 aliphatic carbocycles. The third kappa shape index (κ3) is 5.36. The van der Waals surface area contributed by atoms with Gasteiger partial charge in [0.15, 0.2) is 5.82 Å². The van der Waals surface area contributed by atoms with Crippen molar-refractivity contribution in [3.05, 3.63) is 84.2 Å². The molecule has 2 aromatic carbocycles. The lowest BCUT2D eigenvalue weighted by Gasteiger charge is -2.35. The molecular weight excluding hydrogens is 510 g/mol. The van der Waals surface area contributed by atoms with Gasteiger partial charge in [-0.05, 0) is 52.1 Å². The molecule has 1 aliphatic heterocycles. The van der Waals surface area contributed by atoms with Crippen LogP contribution in [0.15, 0.2) is 73.1 Å². The van der Waals surface area contributed by atoms with Crippen LogP contribution in [0.5, 0.6) is 0 Å². The van der Waals surface area contributed by atoms with Crippen molar-refractivity contribution in [1.29, 1.82) is 0 Å². The SMILES string of the molecule is CCC(=O)n1nnnc1-c1ccccc1-c1ccc(CN(C(=O)c2cccnc2)N2CCCC2C(=O)OC)cc1. The largest absolute Gasteiger partial charge is 0.468 e. The van der Waals surface area contributed by atoms with Crippen LogP contribution >= 0.6 is 0 Å². The number of hydrogen-bond donors (Lipinski definition) is 0. The minimum atomic E-state index is -0.534. The van der Waals surface area contributed by atoms with Crippen LogP contribution in [0.25, 0.3) is 22.5 Å².